The van der Waals surface area contributed by atoms with E-state index in [9.17, 15) is 4.79 Å². The van der Waals surface area contributed by atoms with Gasteiger partial charge in [0.05, 0.1) is 12.7 Å². The maximum Gasteiger partial charge on any atom is 0.221 e. The van der Waals surface area contributed by atoms with Crippen molar-refractivity contribution >= 4 is 5.91 Å². The fourth-order valence-corrected chi connectivity index (χ4v) is 1.57. The lowest BCUT2D eigenvalue weighted by molar-refractivity contribution is -0.121. The zero-order valence-corrected chi connectivity index (χ0v) is 9.93. The van der Waals surface area contributed by atoms with Crippen molar-refractivity contribution in [2.24, 2.45) is 0 Å². The molecule has 0 spiro atoms. The van der Waals surface area contributed by atoms with E-state index in [2.05, 4.69) is 20.9 Å². The van der Waals surface area contributed by atoms with E-state index < -0.39 is 0 Å². The van der Waals surface area contributed by atoms with Crippen molar-refractivity contribution in [1.82, 2.24) is 25.6 Å². The monoisotopic (exact) mass is 237 g/mol. The lowest BCUT2D eigenvalue weighted by Crippen LogP contribution is -2.28. The number of aromatic nitrogens is 3. The summed E-state index contributed by atoms with van der Waals surface area (Å²) in [5, 5.41) is 13.8. The minimum Gasteiger partial charge on any atom is -0.356 e. The minimum absolute atomic E-state index is 0.0759. The molecular formula is C11H19N5O. The van der Waals surface area contributed by atoms with Crippen LogP contribution in [0, 0.1) is 0 Å². The number of hydrogen-bond acceptors (Lipinski definition) is 4. The number of carbonyl (C=O) groups excluding carboxylic acids is 1. The molecule has 0 unspecified atom stereocenters. The second-order valence-electron chi connectivity index (χ2n) is 4.35. The normalized spacial score (nSPS) is 14.8. The van der Waals surface area contributed by atoms with Crippen LogP contribution in [-0.4, -0.2) is 40.0 Å². The molecule has 1 aliphatic rings. The molecule has 94 valence electrons. The molecule has 6 heteroatoms. The van der Waals surface area contributed by atoms with Gasteiger partial charge in [-0.15, -0.1) is 5.10 Å². The molecule has 0 bridgehead atoms. The van der Waals surface area contributed by atoms with Crippen LogP contribution >= 0.6 is 0 Å². The number of amides is 1. The molecule has 1 heterocycles. The maximum absolute atomic E-state index is 11.5. The second kappa shape index (κ2) is 6.34. The van der Waals surface area contributed by atoms with E-state index in [1.807, 2.05) is 0 Å². The summed E-state index contributed by atoms with van der Waals surface area (Å²) in [5.74, 6) is 0.0759. The Labute approximate surface area is 101 Å². The largest absolute Gasteiger partial charge is 0.356 e. The molecule has 2 rings (SSSR count). The zero-order chi connectivity index (χ0) is 11.9. The Kier molecular flexibility index (Phi) is 4.49. The SMILES string of the molecule is O=C(CCn1ccnn1)NCCCNC1CC1. The van der Waals surface area contributed by atoms with Gasteiger partial charge in [0.25, 0.3) is 0 Å². The Bertz CT molecular complexity index is 334. The number of carbonyl (C=O) groups is 1. The fraction of sp³-hybridized carbons (Fsp3) is 0.727. The lowest BCUT2D eigenvalue weighted by atomic mass is 10.3. The molecule has 1 aromatic heterocycles. The van der Waals surface area contributed by atoms with Crippen LogP contribution in [0.15, 0.2) is 12.4 Å². The van der Waals surface area contributed by atoms with Crippen LogP contribution in [0.3, 0.4) is 0 Å². The number of rotatable bonds is 8. The van der Waals surface area contributed by atoms with Crippen molar-refractivity contribution in [3.63, 3.8) is 0 Å². The molecule has 0 saturated heterocycles. The quantitative estimate of drug-likeness (QED) is 0.621. The summed E-state index contributed by atoms with van der Waals surface area (Å²) >= 11 is 0. The van der Waals surface area contributed by atoms with E-state index in [1.54, 1.807) is 17.1 Å². The number of hydrogen-bond donors (Lipinski definition) is 2. The highest BCUT2D eigenvalue weighted by Gasteiger charge is 2.19. The second-order valence-corrected chi connectivity index (χ2v) is 4.35. The number of nitrogens with zero attached hydrogens (tertiary/aromatic N) is 3. The Balaban J connectivity index is 1.45. The van der Waals surface area contributed by atoms with Gasteiger partial charge >= 0.3 is 0 Å². The Morgan fingerprint density at radius 1 is 1.41 bits per heavy atom. The summed E-state index contributed by atoms with van der Waals surface area (Å²) < 4.78 is 1.66. The molecule has 6 nitrogen and oxygen atoms in total. The topological polar surface area (TPSA) is 71.8 Å². The van der Waals surface area contributed by atoms with Crippen molar-refractivity contribution in [1.29, 1.82) is 0 Å². The fourth-order valence-electron chi connectivity index (χ4n) is 1.57. The predicted octanol–water partition coefficient (Wildman–Crippen LogP) is -0.0735. The molecular weight excluding hydrogens is 218 g/mol. The number of nitrogens with one attached hydrogen (secondary N) is 2. The molecule has 1 saturated carbocycles. The molecule has 17 heavy (non-hydrogen) atoms. The van der Waals surface area contributed by atoms with Crippen LogP contribution < -0.4 is 10.6 Å². The molecule has 1 fully saturated rings. The summed E-state index contributed by atoms with van der Waals surface area (Å²) in [7, 11) is 0. The Hall–Kier alpha value is -1.43. The molecule has 0 aromatic carbocycles. The van der Waals surface area contributed by atoms with E-state index in [4.69, 9.17) is 0 Å². The van der Waals surface area contributed by atoms with Gasteiger partial charge in [-0.1, -0.05) is 5.21 Å². The van der Waals surface area contributed by atoms with Crippen molar-refractivity contribution < 1.29 is 4.79 Å². The molecule has 2 N–H and O–H groups in total. The summed E-state index contributed by atoms with van der Waals surface area (Å²) in [6, 6.07) is 0.748. The first kappa shape index (κ1) is 12.0. The molecule has 0 atom stereocenters. The van der Waals surface area contributed by atoms with E-state index in [0.717, 1.165) is 25.6 Å². The first-order chi connectivity index (χ1) is 8.34. The van der Waals surface area contributed by atoms with Crippen LogP contribution in [0.1, 0.15) is 25.7 Å². The summed E-state index contributed by atoms with van der Waals surface area (Å²) in [5.41, 5.74) is 0. The summed E-state index contributed by atoms with van der Waals surface area (Å²) in [4.78, 5) is 11.5. The highest BCUT2D eigenvalue weighted by Crippen LogP contribution is 2.18. The molecule has 1 aromatic rings. The third kappa shape index (κ3) is 4.95. The smallest absolute Gasteiger partial charge is 0.221 e. The van der Waals surface area contributed by atoms with Crippen LogP contribution in [0.2, 0.25) is 0 Å². The molecule has 1 aliphatic carbocycles. The van der Waals surface area contributed by atoms with Crippen LogP contribution in [0.4, 0.5) is 0 Å². The van der Waals surface area contributed by atoms with Crippen molar-refractivity contribution in [3.05, 3.63) is 12.4 Å². The maximum atomic E-state index is 11.5. The molecule has 1 amide bonds. The van der Waals surface area contributed by atoms with Gasteiger partial charge in [0, 0.05) is 25.2 Å². The highest BCUT2D eigenvalue weighted by atomic mass is 16.1. The highest BCUT2D eigenvalue weighted by molar-refractivity contribution is 5.75. The van der Waals surface area contributed by atoms with Crippen LogP contribution in [0.5, 0.6) is 0 Å². The van der Waals surface area contributed by atoms with Gasteiger partial charge in [0.15, 0.2) is 0 Å². The Morgan fingerprint density at radius 3 is 3.00 bits per heavy atom. The van der Waals surface area contributed by atoms with Crippen LogP contribution in [-0.2, 0) is 11.3 Å². The number of aryl methyl sites for hydroxylation is 1. The van der Waals surface area contributed by atoms with Crippen LogP contribution in [0.25, 0.3) is 0 Å². The predicted molar refractivity (Wildman–Crippen MR) is 63.3 cm³/mol. The van der Waals surface area contributed by atoms with E-state index in [0.29, 0.717) is 13.0 Å². The molecule has 0 radical (unpaired) electrons. The zero-order valence-electron chi connectivity index (χ0n) is 9.93. The first-order valence-corrected chi connectivity index (χ1v) is 6.19. The Morgan fingerprint density at radius 2 is 2.29 bits per heavy atom. The summed E-state index contributed by atoms with van der Waals surface area (Å²) in [6.07, 6.45) is 7.44. The van der Waals surface area contributed by atoms with Crippen molar-refractivity contribution in [2.45, 2.75) is 38.3 Å². The third-order valence-electron chi connectivity index (χ3n) is 2.73. The third-order valence-corrected chi connectivity index (χ3v) is 2.73. The van der Waals surface area contributed by atoms with Crippen molar-refractivity contribution in [2.75, 3.05) is 13.1 Å². The first-order valence-electron chi connectivity index (χ1n) is 6.19. The van der Waals surface area contributed by atoms with Gasteiger partial charge in [0.2, 0.25) is 5.91 Å². The average molecular weight is 237 g/mol. The lowest BCUT2D eigenvalue weighted by Gasteiger charge is -2.05. The van der Waals surface area contributed by atoms with Gasteiger partial charge in [0.1, 0.15) is 0 Å². The average Bonchev–Trinajstić information content (AvgIpc) is 3.00. The van der Waals surface area contributed by atoms with E-state index in [1.165, 1.54) is 12.8 Å². The van der Waals surface area contributed by atoms with Gasteiger partial charge in [-0.25, -0.2) is 0 Å². The van der Waals surface area contributed by atoms with Gasteiger partial charge in [-0.05, 0) is 25.8 Å². The standard InChI is InChI=1S/C11H19N5O/c17-11(4-8-16-9-7-14-15-16)13-6-1-5-12-10-2-3-10/h7,9-10,12H,1-6,8H2,(H,13,17). The van der Waals surface area contributed by atoms with E-state index in [-0.39, 0.29) is 5.91 Å². The van der Waals surface area contributed by atoms with Gasteiger partial charge in [-0.3, -0.25) is 9.48 Å². The molecule has 0 aliphatic heterocycles. The minimum atomic E-state index is 0.0759. The van der Waals surface area contributed by atoms with Crippen molar-refractivity contribution in [3.8, 4) is 0 Å². The van der Waals surface area contributed by atoms with Gasteiger partial charge in [-0.2, -0.15) is 0 Å². The van der Waals surface area contributed by atoms with Gasteiger partial charge < -0.3 is 10.6 Å². The van der Waals surface area contributed by atoms with E-state index >= 15 is 0 Å². The summed E-state index contributed by atoms with van der Waals surface area (Å²) in [6.45, 7) is 2.33.